The standard InChI is InChI=1S/C18H21ClN4O.HI/c1-20-17(24)15-7-3-13(4-8-15)11-22-18(21-2)23-12-14-5-9-16(19)10-6-14;/h3-10H,11-12H2,1-2H3,(H,20,24)(H2,21,22,23);1H. The fourth-order valence-corrected chi connectivity index (χ4v) is 2.24. The Morgan fingerprint density at radius 1 is 0.960 bits per heavy atom. The van der Waals surface area contributed by atoms with Crippen molar-refractivity contribution >= 4 is 47.4 Å². The van der Waals surface area contributed by atoms with Gasteiger partial charge in [0.05, 0.1) is 0 Å². The van der Waals surface area contributed by atoms with E-state index in [1.807, 2.05) is 36.4 Å². The highest BCUT2D eigenvalue weighted by molar-refractivity contribution is 14.0. The molecule has 1 amide bonds. The highest BCUT2D eigenvalue weighted by Crippen LogP contribution is 2.09. The first-order chi connectivity index (χ1) is 11.6. The van der Waals surface area contributed by atoms with E-state index >= 15 is 0 Å². The molecule has 2 aromatic carbocycles. The Kier molecular flexibility index (Phi) is 9.30. The highest BCUT2D eigenvalue weighted by Gasteiger charge is 2.03. The molecule has 3 N–H and O–H groups in total. The zero-order valence-corrected chi connectivity index (χ0v) is 17.3. The molecule has 134 valence electrons. The monoisotopic (exact) mass is 472 g/mol. The summed E-state index contributed by atoms with van der Waals surface area (Å²) in [4.78, 5) is 15.7. The van der Waals surface area contributed by atoms with Crippen LogP contribution in [0.3, 0.4) is 0 Å². The van der Waals surface area contributed by atoms with Gasteiger partial charge in [-0.3, -0.25) is 9.79 Å². The summed E-state index contributed by atoms with van der Waals surface area (Å²) in [5.74, 6) is 0.621. The first-order valence-corrected chi connectivity index (χ1v) is 8.00. The molecule has 7 heteroatoms. The van der Waals surface area contributed by atoms with Crippen molar-refractivity contribution in [1.82, 2.24) is 16.0 Å². The van der Waals surface area contributed by atoms with Gasteiger partial charge < -0.3 is 16.0 Å². The quantitative estimate of drug-likeness (QED) is 0.356. The number of rotatable bonds is 5. The maximum Gasteiger partial charge on any atom is 0.251 e. The Balaban J connectivity index is 0.00000312. The molecule has 0 radical (unpaired) electrons. The van der Waals surface area contributed by atoms with Crippen LogP contribution in [0.15, 0.2) is 53.5 Å². The largest absolute Gasteiger partial charge is 0.355 e. The van der Waals surface area contributed by atoms with Crippen LogP contribution < -0.4 is 16.0 Å². The van der Waals surface area contributed by atoms with Gasteiger partial charge in [-0.2, -0.15) is 0 Å². The van der Waals surface area contributed by atoms with Gasteiger partial charge in [0.2, 0.25) is 0 Å². The van der Waals surface area contributed by atoms with Crippen molar-refractivity contribution < 1.29 is 4.79 Å². The molecule has 0 saturated heterocycles. The van der Waals surface area contributed by atoms with Crippen LogP contribution in [0.5, 0.6) is 0 Å². The Labute approximate surface area is 170 Å². The van der Waals surface area contributed by atoms with Crippen LogP contribution in [0, 0.1) is 0 Å². The van der Waals surface area contributed by atoms with Gasteiger partial charge in [-0.25, -0.2) is 0 Å². The van der Waals surface area contributed by atoms with Gasteiger partial charge in [-0.05, 0) is 35.4 Å². The van der Waals surface area contributed by atoms with Crippen LogP contribution in [0.25, 0.3) is 0 Å². The van der Waals surface area contributed by atoms with Crippen LogP contribution in [0.2, 0.25) is 5.02 Å². The third kappa shape index (κ3) is 6.91. The summed E-state index contributed by atoms with van der Waals surface area (Å²) in [7, 11) is 3.35. The second-order valence-corrected chi connectivity index (χ2v) is 5.62. The molecule has 25 heavy (non-hydrogen) atoms. The van der Waals surface area contributed by atoms with E-state index in [-0.39, 0.29) is 29.9 Å². The van der Waals surface area contributed by atoms with Crippen LogP contribution in [-0.2, 0) is 13.1 Å². The molecule has 0 fully saturated rings. The average Bonchev–Trinajstić information content (AvgIpc) is 2.63. The number of benzene rings is 2. The van der Waals surface area contributed by atoms with E-state index in [9.17, 15) is 4.79 Å². The van der Waals surface area contributed by atoms with Crippen molar-refractivity contribution in [3.63, 3.8) is 0 Å². The summed E-state index contributed by atoms with van der Waals surface area (Å²) in [5, 5.41) is 9.82. The Morgan fingerprint density at radius 2 is 1.44 bits per heavy atom. The summed E-state index contributed by atoms with van der Waals surface area (Å²) in [6, 6.07) is 15.1. The second-order valence-electron chi connectivity index (χ2n) is 5.18. The number of nitrogens with one attached hydrogen (secondary N) is 3. The lowest BCUT2D eigenvalue weighted by Crippen LogP contribution is -2.36. The molecule has 0 aliphatic heterocycles. The van der Waals surface area contributed by atoms with Crippen LogP contribution in [0.1, 0.15) is 21.5 Å². The molecule has 5 nitrogen and oxygen atoms in total. The molecular formula is C18H22ClIN4O. The number of aliphatic imine (C=N–C) groups is 1. The molecule has 0 aromatic heterocycles. The highest BCUT2D eigenvalue weighted by atomic mass is 127. The number of hydrogen-bond acceptors (Lipinski definition) is 2. The van der Waals surface area contributed by atoms with Gasteiger partial charge in [0.1, 0.15) is 0 Å². The van der Waals surface area contributed by atoms with Crippen molar-refractivity contribution in [1.29, 1.82) is 0 Å². The molecule has 0 unspecified atom stereocenters. The molecule has 0 aliphatic rings. The predicted molar refractivity (Wildman–Crippen MR) is 114 cm³/mol. The molecule has 2 rings (SSSR count). The first kappa shape index (κ1) is 21.2. The van der Waals surface area contributed by atoms with Gasteiger partial charge in [-0.15, -0.1) is 24.0 Å². The molecule has 0 saturated carbocycles. The number of carbonyl (C=O) groups is 1. The lowest BCUT2D eigenvalue weighted by Gasteiger charge is -2.12. The number of carbonyl (C=O) groups excluding carboxylic acids is 1. The van der Waals surface area contributed by atoms with Crippen molar-refractivity contribution in [2.75, 3.05) is 14.1 Å². The SMILES string of the molecule is CN=C(NCc1ccc(Cl)cc1)NCc1ccc(C(=O)NC)cc1.I. The van der Waals surface area contributed by atoms with Gasteiger partial charge >= 0.3 is 0 Å². The molecule has 0 bridgehead atoms. The maximum absolute atomic E-state index is 11.5. The van der Waals surface area contributed by atoms with E-state index in [1.54, 1.807) is 26.2 Å². The summed E-state index contributed by atoms with van der Waals surface area (Å²) in [6.07, 6.45) is 0. The lowest BCUT2D eigenvalue weighted by atomic mass is 10.1. The lowest BCUT2D eigenvalue weighted by molar-refractivity contribution is 0.0963. The summed E-state index contributed by atoms with van der Waals surface area (Å²) in [6.45, 7) is 1.28. The second kappa shape index (κ2) is 10.9. The fraction of sp³-hybridized carbons (Fsp3) is 0.222. The minimum absolute atomic E-state index is 0. The number of guanidine groups is 1. The Bertz CT molecular complexity index is 702. The summed E-state index contributed by atoms with van der Waals surface area (Å²) < 4.78 is 0. The maximum atomic E-state index is 11.5. The predicted octanol–water partition coefficient (Wildman–Crippen LogP) is 3.18. The smallest absolute Gasteiger partial charge is 0.251 e. The van der Waals surface area contributed by atoms with Gasteiger partial charge in [-0.1, -0.05) is 35.9 Å². The van der Waals surface area contributed by atoms with E-state index < -0.39 is 0 Å². The van der Waals surface area contributed by atoms with Crippen molar-refractivity contribution in [2.24, 2.45) is 4.99 Å². The van der Waals surface area contributed by atoms with Crippen LogP contribution in [-0.4, -0.2) is 26.0 Å². The first-order valence-electron chi connectivity index (χ1n) is 7.62. The number of hydrogen-bond donors (Lipinski definition) is 3. The van der Waals surface area contributed by atoms with Crippen molar-refractivity contribution in [2.45, 2.75) is 13.1 Å². The number of halogens is 2. The van der Waals surface area contributed by atoms with E-state index in [0.29, 0.717) is 24.6 Å². The van der Waals surface area contributed by atoms with Crippen LogP contribution >= 0.6 is 35.6 Å². The van der Waals surface area contributed by atoms with Gasteiger partial charge in [0.15, 0.2) is 5.96 Å². The van der Waals surface area contributed by atoms with Gasteiger partial charge in [0, 0.05) is 37.8 Å². The fourth-order valence-electron chi connectivity index (χ4n) is 2.11. The molecule has 0 spiro atoms. The third-order valence-corrected chi connectivity index (χ3v) is 3.75. The van der Waals surface area contributed by atoms with Crippen molar-refractivity contribution in [3.05, 3.63) is 70.2 Å². The van der Waals surface area contributed by atoms with Gasteiger partial charge in [0.25, 0.3) is 5.91 Å². The Hall–Kier alpha value is -1.80. The molecule has 2 aromatic rings. The molecular weight excluding hydrogens is 451 g/mol. The number of amides is 1. The Morgan fingerprint density at radius 3 is 1.88 bits per heavy atom. The molecule has 0 aliphatic carbocycles. The van der Waals surface area contributed by atoms with E-state index in [0.717, 1.165) is 16.1 Å². The van der Waals surface area contributed by atoms with E-state index in [2.05, 4.69) is 20.9 Å². The molecule has 0 atom stereocenters. The zero-order chi connectivity index (χ0) is 17.4. The average molecular weight is 473 g/mol. The topological polar surface area (TPSA) is 65.5 Å². The summed E-state index contributed by atoms with van der Waals surface area (Å²) in [5.41, 5.74) is 2.83. The normalized spacial score (nSPS) is 10.6. The van der Waals surface area contributed by atoms with E-state index in [1.165, 1.54) is 0 Å². The van der Waals surface area contributed by atoms with E-state index in [4.69, 9.17) is 11.6 Å². The minimum atomic E-state index is -0.0880. The third-order valence-electron chi connectivity index (χ3n) is 3.50. The minimum Gasteiger partial charge on any atom is -0.355 e. The summed E-state index contributed by atoms with van der Waals surface area (Å²) >= 11 is 5.88. The van der Waals surface area contributed by atoms with Crippen LogP contribution in [0.4, 0.5) is 0 Å². The molecule has 0 heterocycles. The zero-order valence-electron chi connectivity index (χ0n) is 14.2. The number of nitrogens with zero attached hydrogens (tertiary/aromatic N) is 1. The van der Waals surface area contributed by atoms with Crippen molar-refractivity contribution in [3.8, 4) is 0 Å².